The number of piperidine rings is 1. The molecule has 3 aliphatic rings. The van der Waals surface area contributed by atoms with Crippen LogP contribution >= 0.6 is 0 Å². The maximum atomic E-state index is 13.5. The van der Waals surface area contributed by atoms with Gasteiger partial charge in [-0.25, -0.2) is 4.39 Å². The average molecular weight is 441 g/mol. The number of ether oxygens (including phenoxy) is 1. The van der Waals surface area contributed by atoms with Gasteiger partial charge < -0.3 is 25.2 Å². The highest BCUT2D eigenvalue weighted by atomic mass is 19.1. The number of β-amino-alcohol motifs (C(OH)–C–C–N with tert-alkyl or cyclic N) is 1. The van der Waals surface area contributed by atoms with Crippen LogP contribution in [0.4, 0.5) is 10.1 Å². The summed E-state index contributed by atoms with van der Waals surface area (Å²) in [5.74, 6) is 0.423. The fourth-order valence-corrected chi connectivity index (χ4v) is 4.79. The second kappa shape index (κ2) is 8.46. The molecule has 2 aromatic carbocycles. The summed E-state index contributed by atoms with van der Waals surface area (Å²) in [5.41, 5.74) is 1.64. The van der Waals surface area contributed by atoms with E-state index in [-0.39, 0.29) is 17.6 Å². The van der Waals surface area contributed by atoms with Crippen LogP contribution in [0, 0.1) is 11.7 Å². The summed E-state index contributed by atoms with van der Waals surface area (Å²) in [4.78, 5) is 14.1. The molecule has 0 aromatic heterocycles. The Kier molecular flexibility index (Phi) is 5.65. The van der Waals surface area contributed by atoms with Gasteiger partial charge in [0, 0.05) is 43.2 Å². The summed E-state index contributed by atoms with van der Waals surface area (Å²) in [6.07, 6.45) is 2.50. The molecule has 1 saturated carbocycles. The third-order valence-electron chi connectivity index (χ3n) is 6.93. The van der Waals surface area contributed by atoms with Gasteiger partial charge in [0.15, 0.2) is 0 Å². The molecule has 3 N–H and O–H groups in total. The fraction of sp³-hybridized carbons (Fsp3) is 0.480. The molecule has 2 fully saturated rings. The molecule has 1 amide bonds. The van der Waals surface area contributed by atoms with E-state index in [0.29, 0.717) is 24.3 Å². The van der Waals surface area contributed by atoms with Gasteiger partial charge in [-0.3, -0.25) is 4.79 Å². The van der Waals surface area contributed by atoms with E-state index in [0.717, 1.165) is 50.0 Å². The summed E-state index contributed by atoms with van der Waals surface area (Å²) in [6.45, 7) is 2.00. The predicted molar refractivity (Wildman–Crippen MR) is 118 cm³/mol. The van der Waals surface area contributed by atoms with Crippen molar-refractivity contribution in [2.45, 2.75) is 49.9 Å². The molecular weight excluding hydrogens is 411 g/mol. The largest absolute Gasteiger partial charge is 0.487 e. The van der Waals surface area contributed by atoms with Crippen molar-refractivity contribution in [2.24, 2.45) is 5.92 Å². The van der Waals surface area contributed by atoms with Gasteiger partial charge in [-0.1, -0.05) is 12.1 Å². The van der Waals surface area contributed by atoms with E-state index < -0.39 is 17.8 Å². The maximum absolute atomic E-state index is 13.5. The minimum atomic E-state index is -0.731. The number of aliphatic hydroxyl groups is 2. The van der Waals surface area contributed by atoms with Crippen LogP contribution in [0.2, 0.25) is 0 Å². The first-order chi connectivity index (χ1) is 15.4. The minimum absolute atomic E-state index is 0.0725. The van der Waals surface area contributed by atoms with E-state index in [4.69, 9.17) is 4.74 Å². The highest BCUT2D eigenvalue weighted by Crippen LogP contribution is 2.44. The number of hydrogen-bond acceptors (Lipinski definition) is 5. The first-order valence-electron chi connectivity index (χ1n) is 11.4. The van der Waals surface area contributed by atoms with Crippen molar-refractivity contribution in [2.75, 3.05) is 25.0 Å². The smallest absolute Gasteiger partial charge is 0.227 e. The third kappa shape index (κ3) is 4.51. The lowest BCUT2D eigenvalue weighted by atomic mass is 9.81. The van der Waals surface area contributed by atoms with Crippen LogP contribution in [0.3, 0.4) is 0 Å². The molecule has 5 rings (SSSR count). The molecule has 1 spiro atoms. The average Bonchev–Trinajstić information content (AvgIpc) is 3.62. The quantitative estimate of drug-likeness (QED) is 0.662. The monoisotopic (exact) mass is 440 g/mol. The van der Waals surface area contributed by atoms with Crippen LogP contribution in [0.15, 0.2) is 42.5 Å². The summed E-state index contributed by atoms with van der Waals surface area (Å²) in [5, 5.41) is 24.2. The highest BCUT2D eigenvalue weighted by Gasteiger charge is 2.43. The molecule has 1 aliphatic carbocycles. The molecule has 2 aliphatic heterocycles. The molecule has 32 heavy (non-hydrogen) atoms. The summed E-state index contributed by atoms with van der Waals surface area (Å²) < 4.78 is 19.8. The standard InChI is InChI=1S/C25H29FN2O4/c26-18-5-8-23-20(13-18)21(29)14-25(32-23)9-11-28(12-10-25)15-22(30)16-3-6-19(7-4-16)27-24(31)17-1-2-17/h3-8,13,17,21-22,29-30H,1-2,9-12,14-15H2,(H,27,31). The van der Waals surface area contributed by atoms with Crippen molar-refractivity contribution >= 4 is 11.6 Å². The normalized spacial score (nSPS) is 23.3. The molecule has 2 heterocycles. The van der Waals surface area contributed by atoms with Crippen molar-refractivity contribution < 1.29 is 24.1 Å². The second-order valence-electron chi connectivity index (χ2n) is 9.39. The predicted octanol–water partition coefficient (Wildman–Crippen LogP) is 3.56. The van der Waals surface area contributed by atoms with Gasteiger partial charge in [0.2, 0.25) is 5.91 Å². The molecule has 0 radical (unpaired) electrons. The Morgan fingerprint density at radius 2 is 1.91 bits per heavy atom. The number of hydrogen-bond donors (Lipinski definition) is 3. The van der Waals surface area contributed by atoms with Crippen molar-refractivity contribution in [1.29, 1.82) is 0 Å². The molecular formula is C25H29FN2O4. The number of nitrogens with one attached hydrogen (secondary N) is 1. The number of anilines is 1. The van der Waals surface area contributed by atoms with E-state index >= 15 is 0 Å². The van der Waals surface area contributed by atoms with E-state index in [1.807, 2.05) is 24.3 Å². The molecule has 2 atom stereocenters. The SMILES string of the molecule is O=C(Nc1ccc(C(O)CN2CCC3(CC2)CC(O)c2cc(F)ccc2O3)cc1)C1CC1. The minimum Gasteiger partial charge on any atom is -0.487 e. The lowest BCUT2D eigenvalue weighted by molar-refractivity contribution is -0.117. The lowest BCUT2D eigenvalue weighted by Gasteiger charge is -2.46. The number of rotatable bonds is 5. The Morgan fingerprint density at radius 3 is 2.59 bits per heavy atom. The van der Waals surface area contributed by atoms with Crippen LogP contribution in [-0.4, -0.2) is 46.3 Å². The second-order valence-corrected chi connectivity index (χ2v) is 9.39. The Bertz CT molecular complexity index is 984. The van der Waals surface area contributed by atoms with Crippen molar-refractivity contribution in [3.8, 4) is 5.75 Å². The Labute approximate surface area is 187 Å². The van der Waals surface area contributed by atoms with Gasteiger partial charge in [0.05, 0.1) is 12.2 Å². The van der Waals surface area contributed by atoms with Gasteiger partial charge >= 0.3 is 0 Å². The molecule has 6 nitrogen and oxygen atoms in total. The summed E-state index contributed by atoms with van der Waals surface area (Å²) in [7, 11) is 0. The number of halogens is 1. The van der Waals surface area contributed by atoms with E-state index in [1.165, 1.54) is 12.1 Å². The van der Waals surface area contributed by atoms with Crippen LogP contribution in [0.5, 0.6) is 5.75 Å². The Morgan fingerprint density at radius 1 is 1.19 bits per heavy atom. The zero-order chi connectivity index (χ0) is 22.3. The van der Waals surface area contributed by atoms with E-state index in [9.17, 15) is 19.4 Å². The summed E-state index contributed by atoms with van der Waals surface area (Å²) >= 11 is 0. The van der Waals surface area contributed by atoms with Crippen molar-refractivity contribution in [3.63, 3.8) is 0 Å². The topological polar surface area (TPSA) is 82.0 Å². The van der Waals surface area contributed by atoms with Crippen LogP contribution in [0.25, 0.3) is 0 Å². The first kappa shape index (κ1) is 21.4. The number of aliphatic hydroxyl groups excluding tert-OH is 2. The Hall–Kier alpha value is -2.48. The number of benzene rings is 2. The van der Waals surface area contributed by atoms with Crippen molar-refractivity contribution in [1.82, 2.24) is 4.90 Å². The number of nitrogens with zero attached hydrogens (tertiary/aromatic N) is 1. The zero-order valence-corrected chi connectivity index (χ0v) is 18.0. The number of amides is 1. The van der Waals surface area contributed by atoms with Crippen molar-refractivity contribution in [3.05, 3.63) is 59.4 Å². The number of likely N-dealkylation sites (tertiary alicyclic amines) is 1. The maximum Gasteiger partial charge on any atom is 0.227 e. The van der Waals surface area contributed by atoms with Gasteiger partial charge in [0.25, 0.3) is 0 Å². The number of carbonyl (C=O) groups excluding carboxylic acids is 1. The number of fused-ring (bicyclic) bond motifs is 1. The number of carbonyl (C=O) groups is 1. The van der Waals surface area contributed by atoms with Gasteiger partial charge in [-0.05, 0) is 61.6 Å². The molecule has 2 unspecified atom stereocenters. The molecule has 1 saturated heterocycles. The van der Waals surface area contributed by atoms with Crippen LogP contribution < -0.4 is 10.1 Å². The molecule has 0 bridgehead atoms. The van der Waals surface area contributed by atoms with Gasteiger partial charge in [-0.15, -0.1) is 0 Å². The van der Waals surface area contributed by atoms with Gasteiger partial charge in [0.1, 0.15) is 17.2 Å². The first-order valence-corrected chi connectivity index (χ1v) is 11.4. The van der Waals surface area contributed by atoms with Crippen LogP contribution in [-0.2, 0) is 4.79 Å². The lowest BCUT2D eigenvalue weighted by Crippen LogP contribution is -2.51. The van der Waals surface area contributed by atoms with E-state index in [2.05, 4.69) is 10.2 Å². The third-order valence-corrected chi connectivity index (χ3v) is 6.93. The molecule has 7 heteroatoms. The fourth-order valence-electron chi connectivity index (χ4n) is 4.79. The summed E-state index contributed by atoms with van der Waals surface area (Å²) in [6, 6.07) is 11.7. The van der Waals surface area contributed by atoms with E-state index in [1.54, 1.807) is 6.07 Å². The zero-order valence-electron chi connectivity index (χ0n) is 18.0. The van der Waals surface area contributed by atoms with Crippen LogP contribution in [0.1, 0.15) is 55.4 Å². The van der Waals surface area contributed by atoms with Gasteiger partial charge in [-0.2, -0.15) is 0 Å². The highest BCUT2D eigenvalue weighted by molar-refractivity contribution is 5.94. The molecule has 2 aromatic rings. The Balaban J connectivity index is 1.15. The molecule has 170 valence electrons.